The first-order valence-corrected chi connectivity index (χ1v) is 22.8. The Morgan fingerprint density at radius 3 is 1.21 bits per heavy atom. The van der Waals surface area contributed by atoms with Gasteiger partial charge in [0.2, 0.25) is 0 Å². The average molecular weight is 893 g/mol. The summed E-state index contributed by atoms with van der Waals surface area (Å²) < 4.78 is 59.5. The molecule has 2 saturated heterocycles. The summed E-state index contributed by atoms with van der Waals surface area (Å²) in [6.07, 6.45) is -5.31. The maximum Gasteiger partial charge on any atom is 0.337 e. The van der Waals surface area contributed by atoms with Gasteiger partial charge in [-0.05, 0) is 52.1 Å². The highest BCUT2D eigenvalue weighted by Gasteiger charge is 2.53. The summed E-state index contributed by atoms with van der Waals surface area (Å²) in [6.45, 7) is 0.973. The van der Waals surface area contributed by atoms with Gasteiger partial charge in [0.25, 0.3) is 0 Å². The number of carbonyl (C=O) groups excluding carboxylic acids is 1. The Balaban J connectivity index is 1.14. The van der Waals surface area contributed by atoms with E-state index >= 15 is 0 Å². The van der Waals surface area contributed by atoms with E-state index in [0.29, 0.717) is 19.4 Å². The maximum absolute atomic E-state index is 13.9. The fourth-order valence-corrected chi connectivity index (χ4v) is 9.01. The van der Waals surface area contributed by atoms with Gasteiger partial charge >= 0.3 is 5.97 Å². The topological polar surface area (TPSA) is 100 Å². The van der Waals surface area contributed by atoms with Crippen LogP contribution in [-0.2, 0) is 86.7 Å². The molecule has 2 aliphatic rings. The molecule has 6 aromatic carbocycles. The van der Waals surface area contributed by atoms with Crippen LogP contribution in [0.15, 0.2) is 182 Å². The summed E-state index contributed by atoms with van der Waals surface area (Å²) in [5.41, 5.74) is 6.19. The van der Waals surface area contributed by atoms with Crippen molar-refractivity contribution in [2.45, 2.75) is 88.5 Å². The predicted octanol–water partition coefficient (Wildman–Crippen LogP) is 9.33. The lowest BCUT2D eigenvalue weighted by Crippen LogP contribution is -2.63. The van der Waals surface area contributed by atoms with Gasteiger partial charge in [-0.1, -0.05) is 182 Å². The minimum absolute atomic E-state index is 0.00731. The fraction of sp³-hybridized carbons (Fsp3) is 0.339. The van der Waals surface area contributed by atoms with Crippen LogP contribution in [0.3, 0.4) is 0 Å². The van der Waals surface area contributed by atoms with Gasteiger partial charge in [0.15, 0.2) is 18.7 Å². The Morgan fingerprint density at radius 2 is 0.788 bits per heavy atom. The van der Waals surface area contributed by atoms with Crippen LogP contribution >= 0.6 is 0 Å². The molecule has 10 heteroatoms. The molecule has 0 saturated carbocycles. The van der Waals surface area contributed by atoms with Crippen LogP contribution in [0.25, 0.3) is 0 Å². The van der Waals surface area contributed by atoms with Crippen molar-refractivity contribution in [3.8, 4) is 0 Å². The van der Waals surface area contributed by atoms with Gasteiger partial charge in [-0.3, -0.25) is 0 Å². The van der Waals surface area contributed by atoms with Crippen molar-refractivity contribution in [1.29, 1.82) is 0 Å². The lowest BCUT2D eigenvalue weighted by Gasteiger charge is -2.48. The molecule has 0 radical (unpaired) electrons. The van der Waals surface area contributed by atoms with E-state index in [1.165, 1.54) is 18.2 Å². The Morgan fingerprint density at radius 1 is 0.409 bits per heavy atom. The first-order chi connectivity index (χ1) is 32.6. The fourth-order valence-electron chi connectivity index (χ4n) is 9.01. The number of ether oxygens (including phenoxy) is 9. The van der Waals surface area contributed by atoms with Crippen LogP contribution < -0.4 is 0 Å². The summed E-state index contributed by atoms with van der Waals surface area (Å²) >= 11 is 0. The molecule has 344 valence electrons. The van der Waals surface area contributed by atoms with E-state index in [1.807, 2.05) is 121 Å². The Labute approximate surface area is 388 Å². The first-order valence-electron chi connectivity index (χ1n) is 22.8. The highest BCUT2D eigenvalue weighted by molar-refractivity contribution is 5.75. The number of carbonyl (C=O) groups is 1. The quantitative estimate of drug-likeness (QED) is 0.0651. The zero-order chi connectivity index (χ0) is 45.3. The van der Waals surface area contributed by atoms with Gasteiger partial charge in [-0.2, -0.15) is 0 Å². The summed E-state index contributed by atoms with van der Waals surface area (Å²) in [4.78, 5) is 13.9. The minimum atomic E-state index is -1.23. The third kappa shape index (κ3) is 12.7. The highest BCUT2D eigenvalue weighted by Crippen LogP contribution is 2.40. The van der Waals surface area contributed by atoms with Gasteiger partial charge in [0.05, 0.1) is 46.2 Å². The minimum Gasteiger partial charge on any atom is -0.467 e. The molecule has 0 aliphatic carbocycles. The van der Waals surface area contributed by atoms with Crippen molar-refractivity contribution in [2.75, 3.05) is 20.8 Å². The molecule has 0 spiro atoms. The smallest absolute Gasteiger partial charge is 0.337 e. The zero-order valence-corrected chi connectivity index (χ0v) is 37.6. The summed E-state index contributed by atoms with van der Waals surface area (Å²) in [7, 11) is 3.02. The van der Waals surface area contributed by atoms with Crippen molar-refractivity contribution in [3.05, 3.63) is 215 Å². The molecular weight excluding hydrogens is 833 g/mol. The predicted molar refractivity (Wildman–Crippen MR) is 250 cm³/mol. The van der Waals surface area contributed by atoms with Gasteiger partial charge in [0, 0.05) is 13.0 Å². The molecular formula is C56H60O10. The number of methoxy groups -OCH3 is 2. The maximum atomic E-state index is 13.9. The third-order valence-corrected chi connectivity index (χ3v) is 12.4. The number of hydrogen-bond donors (Lipinski definition) is 0. The van der Waals surface area contributed by atoms with Crippen molar-refractivity contribution >= 4 is 5.97 Å². The third-order valence-electron chi connectivity index (χ3n) is 12.4. The van der Waals surface area contributed by atoms with Gasteiger partial charge in [-0.15, -0.1) is 0 Å². The molecule has 66 heavy (non-hydrogen) atoms. The molecule has 10 nitrogen and oxygen atoms in total. The largest absolute Gasteiger partial charge is 0.467 e. The SMILES string of the molecule is COC(=O)C1OC(OCC2OC(OC)C(Cc3ccccc3)C(Cc3ccccc3)C2OCc2ccccc2)C(OCc2ccccc2)C(OCc2ccccc2)C1OCc1ccccc1. The average Bonchev–Trinajstić information content (AvgIpc) is 3.38. The van der Waals surface area contributed by atoms with E-state index in [9.17, 15) is 4.79 Å². The monoisotopic (exact) mass is 892 g/mol. The molecule has 6 aromatic rings. The van der Waals surface area contributed by atoms with Crippen molar-refractivity contribution in [3.63, 3.8) is 0 Å². The van der Waals surface area contributed by atoms with Crippen LogP contribution in [-0.4, -0.2) is 76.0 Å². The zero-order valence-electron chi connectivity index (χ0n) is 37.6. The second kappa shape index (κ2) is 24.3. The molecule has 2 heterocycles. The molecule has 0 amide bonds. The van der Waals surface area contributed by atoms with E-state index in [2.05, 4.69) is 60.7 Å². The lowest BCUT2D eigenvalue weighted by atomic mass is 9.75. The second-order valence-corrected chi connectivity index (χ2v) is 16.8. The van der Waals surface area contributed by atoms with E-state index in [1.54, 1.807) is 7.11 Å². The van der Waals surface area contributed by atoms with E-state index in [4.69, 9.17) is 42.6 Å². The van der Waals surface area contributed by atoms with Gasteiger partial charge < -0.3 is 42.6 Å². The van der Waals surface area contributed by atoms with Crippen molar-refractivity contribution < 1.29 is 47.4 Å². The highest BCUT2D eigenvalue weighted by atomic mass is 16.7. The van der Waals surface area contributed by atoms with Crippen LogP contribution in [0, 0.1) is 11.8 Å². The summed E-state index contributed by atoms with van der Waals surface area (Å²) in [5.74, 6) is -0.772. The number of hydrogen-bond acceptors (Lipinski definition) is 10. The van der Waals surface area contributed by atoms with Gasteiger partial charge in [0.1, 0.15) is 24.4 Å². The Hall–Kier alpha value is -5.53. The summed E-state index contributed by atoms with van der Waals surface area (Å²) in [5, 5.41) is 0. The van der Waals surface area contributed by atoms with Crippen molar-refractivity contribution in [2.24, 2.45) is 11.8 Å². The first kappa shape index (κ1) is 47.0. The molecule has 0 N–H and O–H groups in total. The number of benzene rings is 6. The molecule has 10 unspecified atom stereocenters. The Bertz CT molecular complexity index is 2290. The molecule has 0 aromatic heterocycles. The number of rotatable bonds is 21. The Kier molecular flexibility index (Phi) is 17.3. The van der Waals surface area contributed by atoms with Crippen LogP contribution in [0.4, 0.5) is 0 Å². The molecule has 2 fully saturated rings. The normalized spacial score (nSPS) is 25.2. The molecule has 8 rings (SSSR count). The molecule has 0 bridgehead atoms. The van der Waals surface area contributed by atoms with Crippen LogP contribution in [0.1, 0.15) is 33.4 Å². The molecule has 10 atom stereocenters. The van der Waals surface area contributed by atoms with Crippen molar-refractivity contribution in [1.82, 2.24) is 0 Å². The van der Waals surface area contributed by atoms with E-state index in [0.717, 1.165) is 22.3 Å². The van der Waals surface area contributed by atoms with Gasteiger partial charge in [-0.25, -0.2) is 4.79 Å². The lowest BCUT2D eigenvalue weighted by molar-refractivity contribution is -0.335. The standard InChI is InChI=1S/C56H60O10/c1-58-54(57)52-50(61-36-43-27-15-6-16-28-43)51(62-37-44-29-17-7-18-30-44)53(63-38-45-31-19-8-20-32-45)56(66-52)64-39-48-49(60-35-42-25-13-5-14-26-42)46(33-40-21-9-3-10-22-40)47(55(59-2)65-48)34-41-23-11-4-12-24-41/h3-32,46-53,55-56H,33-39H2,1-2H3. The second-order valence-electron chi connectivity index (χ2n) is 16.8. The van der Waals surface area contributed by atoms with Crippen LogP contribution in [0.2, 0.25) is 0 Å². The number of esters is 1. The van der Waals surface area contributed by atoms with E-state index < -0.39 is 55.2 Å². The van der Waals surface area contributed by atoms with Crippen LogP contribution in [0.5, 0.6) is 0 Å². The van der Waals surface area contributed by atoms with E-state index in [-0.39, 0.29) is 38.3 Å². The molecule has 2 aliphatic heterocycles. The summed E-state index contributed by atoms with van der Waals surface area (Å²) in [6, 6.07) is 60.5.